The van der Waals surface area contributed by atoms with Crippen molar-refractivity contribution in [3.8, 4) is 0 Å². The van der Waals surface area contributed by atoms with Crippen molar-refractivity contribution in [3.63, 3.8) is 0 Å². The maximum absolute atomic E-state index is 6.22. The molecule has 17 heavy (non-hydrogen) atoms. The molecule has 1 nitrogen and oxygen atoms in total. The first-order valence-electron chi connectivity index (χ1n) is 6.50. The molecule has 0 spiro atoms. The topological polar surface area (TPSA) is 9.23 Å². The van der Waals surface area contributed by atoms with E-state index in [0.717, 1.165) is 6.42 Å². The van der Waals surface area contributed by atoms with Gasteiger partial charge in [0.1, 0.15) is 0 Å². The maximum atomic E-state index is 6.22. The van der Waals surface area contributed by atoms with Crippen molar-refractivity contribution in [1.82, 2.24) is 0 Å². The van der Waals surface area contributed by atoms with E-state index in [1.54, 1.807) is 9.45 Å². The van der Waals surface area contributed by atoms with Crippen LogP contribution in [0.4, 0.5) is 0 Å². The van der Waals surface area contributed by atoms with Crippen molar-refractivity contribution in [1.29, 1.82) is 0 Å². The molecule has 95 valence electrons. The minimum atomic E-state index is -1.48. The van der Waals surface area contributed by atoms with Crippen molar-refractivity contribution in [2.24, 2.45) is 0 Å². The zero-order valence-electron chi connectivity index (χ0n) is 11.9. The predicted molar refractivity (Wildman–Crippen MR) is 73.1 cm³/mol. The molecule has 0 aromatic carbocycles. The van der Waals surface area contributed by atoms with Gasteiger partial charge in [-0.25, -0.2) is 0 Å². The van der Waals surface area contributed by atoms with Gasteiger partial charge in [-0.3, -0.25) is 0 Å². The monoisotopic (exact) mass is 285 g/mol. The molecule has 0 heterocycles. The molecule has 1 aliphatic rings. The van der Waals surface area contributed by atoms with Gasteiger partial charge in [-0.1, -0.05) is 0 Å². The van der Waals surface area contributed by atoms with Crippen LogP contribution >= 0.6 is 0 Å². The Morgan fingerprint density at radius 1 is 1.35 bits per heavy atom. The van der Waals surface area contributed by atoms with Gasteiger partial charge < -0.3 is 0 Å². The Kier molecular flexibility index (Phi) is 5.45. The normalized spacial score (nSPS) is 16.9. The summed E-state index contributed by atoms with van der Waals surface area (Å²) in [6, 6.07) is 1.26. The number of rotatable bonds is 5. The number of hydrogen-bond donors (Lipinski definition) is 0. The van der Waals surface area contributed by atoms with Gasteiger partial charge in [0.2, 0.25) is 0 Å². The van der Waals surface area contributed by atoms with Crippen LogP contribution in [0.5, 0.6) is 0 Å². The second-order valence-electron chi connectivity index (χ2n) is 6.44. The zero-order valence-corrected chi connectivity index (χ0v) is 14.5. The van der Waals surface area contributed by atoms with Gasteiger partial charge in [0, 0.05) is 0 Å². The van der Waals surface area contributed by atoms with Gasteiger partial charge in [-0.2, -0.15) is 0 Å². The Bertz CT molecular complexity index is 324. The van der Waals surface area contributed by atoms with Crippen molar-refractivity contribution in [2.45, 2.75) is 64.8 Å². The van der Waals surface area contributed by atoms with Crippen LogP contribution < -0.4 is 0 Å². The first-order chi connectivity index (χ1) is 7.70. The molecule has 0 fully saturated rings. The number of allylic oxidation sites excluding steroid dienone is 4. The fraction of sp³-hybridized carbons (Fsp3) is 0.714. The van der Waals surface area contributed by atoms with Crippen LogP contribution in [0.25, 0.3) is 0 Å². The SMILES string of the molecule is CC(C)(C)O[Si](C)(C)CCCC1=[C]([Ti])CC=C1. The van der Waals surface area contributed by atoms with Crippen LogP contribution in [0.15, 0.2) is 21.6 Å². The van der Waals surface area contributed by atoms with Gasteiger partial charge in [0.25, 0.3) is 0 Å². The van der Waals surface area contributed by atoms with Gasteiger partial charge in [0.15, 0.2) is 0 Å². The van der Waals surface area contributed by atoms with Crippen LogP contribution in [0.2, 0.25) is 19.1 Å². The summed E-state index contributed by atoms with van der Waals surface area (Å²) in [5, 5.41) is 0. The minimum absolute atomic E-state index is 0.0121. The summed E-state index contributed by atoms with van der Waals surface area (Å²) in [4.78, 5) is 0. The summed E-state index contributed by atoms with van der Waals surface area (Å²) in [5.41, 5.74) is 1.57. The van der Waals surface area contributed by atoms with Gasteiger partial charge in [0.05, 0.1) is 0 Å². The van der Waals surface area contributed by atoms with E-state index in [9.17, 15) is 0 Å². The molecule has 1 rings (SSSR count). The molecular weight excluding hydrogens is 260 g/mol. The number of hydrogen-bond acceptors (Lipinski definition) is 1. The van der Waals surface area contributed by atoms with Gasteiger partial charge in [-0.05, 0) is 0 Å². The Balaban J connectivity index is 2.35. The van der Waals surface area contributed by atoms with Crippen molar-refractivity contribution in [2.75, 3.05) is 0 Å². The Hall–Kier alpha value is 0.371. The first kappa shape index (κ1) is 15.4. The van der Waals surface area contributed by atoms with E-state index in [0.29, 0.717) is 0 Å². The van der Waals surface area contributed by atoms with E-state index in [-0.39, 0.29) is 5.60 Å². The summed E-state index contributed by atoms with van der Waals surface area (Å²) in [6.07, 6.45) is 8.24. The summed E-state index contributed by atoms with van der Waals surface area (Å²) in [5.74, 6) is 0. The summed E-state index contributed by atoms with van der Waals surface area (Å²) >= 11 is 2.25. The van der Waals surface area contributed by atoms with E-state index < -0.39 is 8.32 Å². The summed E-state index contributed by atoms with van der Waals surface area (Å²) in [7, 11) is -1.48. The van der Waals surface area contributed by atoms with E-state index in [2.05, 4.69) is 66.5 Å². The van der Waals surface area contributed by atoms with Crippen molar-refractivity contribution in [3.05, 3.63) is 21.6 Å². The first-order valence-corrected chi connectivity index (χ1v) is 10.4. The van der Waals surface area contributed by atoms with Gasteiger partial charge in [-0.15, -0.1) is 0 Å². The Morgan fingerprint density at radius 3 is 2.47 bits per heavy atom. The molecule has 0 bridgehead atoms. The zero-order chi connectivity index (χ0) is 13.1. The van der Waals surface area contributed by atoms with Crippen LogP contribution in [0.3, 0.4) is 0 Å². The molecular formula is C14H25OSiTi. The van der Waals surface area contributed by atoms with E-state index in [1.807, 2.05) is 0 Å². The molecule has 0 aromatic rings. The third kappa shape index (κ3) is 6.19. The van der Waals surface area contributed by atoms with Crippen LogP contribution in [0.1, 0.15) is 40.0 Å². The van der Waals surface area contributed by atoms with E-state index >= 15 is 0 Å². The Morgan fingerprint density at radius 2 is 2.00 bits per heavy atom. The standard InChI is InChI=1S/C14H25OSi.Ti/c1-14(2,3)15-16(4,5)12-8-11-13-9-6-7-10-13;/h6,9H,7-8,11-12H2,1-5H3;. The average molecular weight is 285 g/mol. The van der Waals surface area contributed by atoms with Crippen LogP contribution in [-0.2, 0) is 24.9 Å². The molecule has 0 unspecified atom stereocenters. The second-order valence-corrected chi connectivity index (χ2v) is 11.6. The molecule has 0 saturated carbocycles. The molecule has 0 aromatic heterocycles. The second kappa shape index (κ2) is 6.01. The molecule has 0 aliphatic heterocycles. The molecule has 0 saturated heterocycles. The summed E-state index contributed by atoms with van der Waals surface area (Å²) in [6.45, 7) is 11.2. The van der Waals surface area contributed by atoms with Crippen molar-refractivity contribution < 1.29 is 24.9 Å². The fourth-order valence-corrected chi connectivity index (χ4v) is 5.67. The molecule has 3 heteroatoms. The third-order valence-electron chi connectivity index (χ3n) is 2.84. The summed E-state index contributed by atoms with van der Waals surface area (Å²) < 4.78 is 7.78. The predicted octanol–water partition coefficient (Wildman–Crippen LogP) is 4.55. The average Bonchev–Trinajstić information content (AvgIpc) is 2.47. The molecule has 0 amide bonds. The van der Waals surface area contributed by atoms with Crippen molar-refractivity contribution >= 4 is 8.32 Å². The van der Waals surface area contributed by atoms with Crippen LogP contribution in [-0.4, -0.2) is 13.9 Å². The Labute approximate surface area is 119 Å². The molecule has 1 aliphatic carbocycles. The van der Waals surface area contributed by atoms with Gasteiger partial charge >= 0.3 is 120 Å². The third-order valence-corrected chi connectivity index (χ3v) is 6.38. The fourth-order valence-electron chi connectivity index (χ4n) is 2.37. The molecule has 0 radical (unpaired) electrons. The quantitative estimate of drug-likeness (QED) is 0.673. The van der Waals surface area contributed by atoms with Crippen LogP contribution in [0, 0.1) is 0 Å². The van der Waals surface area contributed by atoms with E-state index in [1.165, 1.54) is 18.9 Å². The van der Waals surface area contributed by atoms with E-state index in [4.69, 9.17) is 4.43 Å². The molecule has 0 atom stereocenters. The molecule has 0 N–H and O–H groups in total.